The fourth-order valence-electron chi connectivity index (χ4n) is 3.63. The average molecular weight is 239 g/mol. The molecule has 3 atom stereocenters. The summed E-state index contributed by atoms with van der Waals surface area (Å²) >= 11 is 0. The molecule has 2 aliphatic rings. The van der Waals surface area contributed by atoms with Crippen molar-refractivity contribution in [1.82, 2.24) is 9.80 Å². The molecule has 17 heavy (non-hydrogen) atoms. The third kappa shape index (κ3) is 1.97. The highest BCUT2D eigenvalue weighted by Gasteiger charge is 2.57. The van der Waals surface area contributed by atoms with Gasteiger partial charge in [0.05, 0.1) is 5.41 Å². The van der Waals surface area contributed by atoms with Crippen molar-refractivity contribution in [2.45, 2.75) is 38.8 Å². The van der Waals surface area contributed by atoms with Crippen LogP contribution >= 0.6 is 0 Å². The van der Waals surface area contributed by atoms with Gasteiger partial charge in [-0.3, -0.25) is 9.69 Å². The Morgan fingerprint density at radius 2 is 2.12 bits per heavy atom. The molecule has 0 aromatic carbocycles. The van der Waals surface area contributed by atoms with E-state index in [1.165, 1.54) is 0 Å². The van der Waals surface area contributed by atoms with Gasteiger partial charge in [-0.1, -0.05) is 0 Å². The smallest absolute Gasteiger partial charge is 0.229 e. The molecule has 1 heterocycles. The van der Waals surface area contributed by atoms with Crippen LogP contribution in [0.3, 0.4) is 0 Å². The zero-order chi connectivity index (χ0) is 12.8. The van der Waals surface area contributed by atoms with Crippen LogP contribution in [-0.2, 0) is 4.79 Å². The molecule has 2 N–H and O–H groups in total. The van der Waals surface area contributed by atoms with Gasteiger partial charge in [0.25, 0.3) is 0 Å². The van der Waals surface area contributed by atoms with Gasteiger partial charge in [0.15, 0.2) is 0 Å². The molecule has 1 aliphatic heterocycles. The summed E-state index contributed by atoms with van der Waals surface area (Å²) in [6.45, 7) is 6.33. The van der Waals surface area contributed by atoms with E-state index < -0.39 is 0 Å². The number of carbonyl (C=O) groups is 1. The fourth-order valence-corrected chi connectivity index (χ4v) is 3.63. The van der Waals surface area contributed by atoms with Crippen molar-refractivity contribution in [2.75, 3.05) is 27.2 Å². The van der Waals surface area contributed by atoms with Crippen molar-refractivity contribution in [3.63, 3.8) is 0 Å². The number of nitrogens with zero attached hydrogens (tertiary/aromatic N) is 2. The molecule has 4 nitrogen and oxygen atoms in total. The van der Waals surface area contributed by atoms with Crippen molar-refractivity contribution >= 4 is 5.91 Å². The van der Waals surface area contributed by atoms with Crippen LogP contribution in [0.1, 0.15) is 26.7 Å². The van der Waals surface area contributed by atoms with E-state index in [2.05, 4.69) is 18.7 Å². The Kier molecular flexibility index (Phi) is 3.21. The summed E-state index contributed by atoms with van der Waals surface area (Å²) in [5.41, 5.74) is 5.88. The predicted molar refractivity (Wildman–Crippen MR) is 68.5 cm³/mol. The summed E-state index contributed by atoms with van der Waals surface area (Å²) in [7, 11) is 3.71. The number of nitrogens with two attached hydrogens (primary N) is 1. The Morgan fingerprint density at radius 1 is 1.47 bits per heavy atom. The van der Waals surface area contributed by atoms with Crippen LogP contribution in [0.5, 0.6) is 0 Å². The van der Waals surface area contributed by atoms with Gasteiger partial charge in [0, 0.05) is 39.3 Å². The van der Waals surface area contributed by atoms with Crippen molar-refractivity contribution < 1.29 is 4.79 Å². The maximum Gasteiger partial charge on any atom is 0.229 e. The second-order valence-corrected chi connectivity index (χ2v) is 6.28. The third-order valence-electron chi connectivity index (χ3n) is 4.50. The van der Waals surface area contributed by atoms with E-state index in [1.807, 2.05) is 14.1 Å². The molecule has 1 aliphatic carbocycles. The van der Waals surface area contributed by atoms with Crippen LogP contribution in [-0.4, -0.2) is 55.0 Å². The molecular weight excluding hydrogens is 214 g/mol. The molecule has 0 aromatic heterocycles. The monoisotopic (exact) mass is 239 g/mol. The maximum absolute atomic E-state index is 12.5. The van der Waals surface area contributed by atoms with Gasteiger partial charge in [-0.25, -0.2) is 0 Å². The summed E-state index contributed by atoms with van der Waals surface area (Å²) in [6.07, 6.45) is 1.86. The SMILES string of the molecule is CC(C)N1CC2CC(N)CC2(C(=O)N(C)C)C1. The number of rotatable bonds is 2. The molecule has 2 fully saturated rings. The highest BCUT2D eigenvalue weighted by atomic mass is 16.2. The van der Waals surface area contributed by atoms with Gasteiger partial charge in [-0.15, -0.1) is 0 Å². The molecule has 1 saturated heterocycles. The molecule has 4 heteroatoms. The van der Waals surface area contributed by atoms with Crippen molar-refractivity contribution in [3.8, 4) is 0 Å². The summed E-state index contributed by atoms with van der Waals surface area (Å²) in [5.74, 6) is 0.730. The Hall–Kier alpha value is -0.610. The molecule has 1 saturated carbocycles. The van der Waals surface area contributed by atoms with E-state index in [-0.39, 0.29) is 17.4 Å². The van der Waals surface area contributed by atoms with Crippen molar-refractivity contribution in [1.29, 1.82) is 0 Å². The lowest BCUT2D eigenvalue weighted by Gasteiger charge is -2.31. The molecule has 0 aromatic rings. The molecule has 1 amide bonds. The van der Waals surface area contributed by atoms with Crippen LogP contribution in [0.25, 0.3) is 0 Å². The Labute approximate surface area is 104 Å². The number of amides is 1. The Morgan fingerprint density at radius 3 is 2.65 bits per heavy atom. The van der Waals surface area contributed by atoms with Gasteiger partial charge in [0.1, 0.15) is 0 Å². The normalized spacial score (nSPS) is 37.5. The van der Waals surface area contributed by atoms with E-state index in [0.717, 1.165) is 25.9 Å². The fraction of sp³-hybridized carbons (Fsp3) is 0.923. The first-order valence-electron chi connectivity index (χ1n) is 6.58. The number of hydrogen-bond acceptors (Lipinski definition) is 3. The van der Waals surface area contributed by atoms with E-state index in [1.54, 1.807) is 4.90 Å². The first-order valence-corrected chi connectivity index (χ1v) is 6.58. The minimum Gasteiger partial charge on any atom is -0.348 e. The lowest BCUT2D eigenvalue weighted by atomic mass is 9.79. The van der Waals surface area contributed by atoms with Gasteiger partial charge < -0.3 is 10.6 Å². The van der Waals surface area contributed by atoms with Gasteiger partial charge in [0.2, 0.25) is 5.91 Å². The van der Waals surface area contributed by atoms with E-state index in [0.29, 0.717) is 12.0 Å². The van der Waals surface area contributed by atoms with E-state index in [9.17, 15) is 4.79 Å². The van der Waals surface area contributed by atoms with Gasteiger partial charge >= 0.3 is 0 Å². The zero-order valence-electron chi connectivity index (χ0n) is 11.4. The highest BCUT2D eigenvalue weighted by Crippen LogP contribution is 2.49. The van der Waals surface area contributed by atoms with Crippen LogP contribution in [0.4, 0.5) is 0 Å². The second kappa shape index (κ2) is 4.25. The highest BCUT2D eigenvalue weighted by molar-refractivity contribution is 5.84. The van der Waals surface area contributed by atoms with Crippen LogP contribution in [0.15, 0.2) is 0 Å². The minimum atomic E-state index is -0.201. The number of hydrogen-bond donors (Lipinski definition) is 1. The standard InChI is InChI=1S/C13H25N3O/c1-9(2)16-7-10-5-11(14)6-13(10,8-16)12(17)15(3)4/h9-11H,5-8,14H2,1-4H3. The lowest BCUT2D eigenvalue weighted by Crippen LogP contribution is -2.45. The first kappa shape index (κ1) is 12.8. The number of fused-ring (bicyclic) bond motifs is 1. The quantitative estimate of drug-likeness (QED) is 0.764. The molecule has 3 unspecified atom stereocenters. The van der Waals surface area contributed by atoms with E-state index in [4.69, 9.17) is 5.73 Å². The average Bonchev–Trinajstić information content (AvgIpc) is 2.69. The largest absolute Gasteiger partial charge is 0.348 e. The van der Waals surface area contributed by atoms with E-state index >= 15 is 0 Å². The van der Waals surface area contributed by atoms with Gasteiger partial charge in [-0.2, -0.15) is 0 Å². The Bertz CT molecular complexity index is 316. The molecule has 0 radical (unpaired) electrons. The molecule has 0 spiro atoms. The second-order valence-electron chi connectivity index (χ2n) is 6.28. The van der Waals surface area contributed by atoms with Crippen LogP contribution < -0.4 is 5.73 Å². The molecule has 98 valence electrons. The summed E-state index contributed by atoms with van der Waals surface area (Å²) < 4.78 is 0. The molecular formula is C13H25N3O. The van der Waals surface area contributed by atoms with Crippen molar-refractivity contribution in [3.05, 3.63) is 0 Å². The summed E-state index contributed by atoms with van der Waals surface area (Å²) in [6, 6.07) is 0.724. The summed E-state index contributed by atoms with van der Waals surface area (Å²) in [5, 5.41) is 0. The van der Waals surface area contributed by atoms with Crippen LogP contribution in [0, 0.1) is 11.3 Å². The Balaban J connectivity index is 2.24. The lowest BCUT2D eigenvalue weighted by molar-refractivity contribution is -0.140. The molecule has 0 bridgehead atoms. The predicted octanol–water partition coefficient (Wildman–Crippen LogP) is 0.522. The van der Waals surface area contributed by atoms with Gasteiger partial charge in [-0.05, 0) is 32.6 Å². The number of carbonyl (C=O) groups excluding carboxylic acids is 1. The maximum atomic E-state index is 12.5. The first-order chi connectivity index (χ1) is 7.86. The summed E-state index contributed by atoms with van der Waals surface area (Å²) in [4.78, 5) is 16.7. The zero-order valence-corrected chi connectivity index (χ0v) is 11.4. The molecule has 2 rings (SSSR count). The third-order valence-corrected chi connectivity index (χ3v) is 4.50. The number of likely N-dealkylation sites (tertiary alicyclic amines) is 1. The minimum absolute atomic E-state index is 0.201. The van der Waals surface area contributed by atoms with Crippen LogP contribution in [0.2, 0.25) is 0 Å². The topological polar surface area (TPSA) is 49.6 Å². The van der Waals surface area contributed by atoms with Crippen molar-refractivity contribution in [2.24, 2.45) is 17.1 Å².